The number of hydrogen-bond acceptors (Lipinski definition) is 3. The highest BCUT2D eigenvalue weighted by Crippen LogP contribution is 2.21. The molecule has 2 atom stereocenters. The van der Waals surface area contributed by atoms with Crippen LogP contribution in [0.15, 0.2) is 0 Å². The largest absolute Gasteiger partial charge is 0.383 e. The minimum atomic E-state index is 0.413. The summed E-state index contributed by atoms with van der Waals surface area (Å²) in [7, 11) is 1.73. The fourth-order valence-electron chi connectivity index (χ4n) is 2.55. The Bertz CT molecular complexity index is 206. The van der Waals surface area contributed by atoms with Crippen LogP contribution in [0.1, 0.15) is 39.5 Å². The summed E-state index contributed by atoms with van der Waals surface area (Å²) in [5.41, 5.74) is 0. The van der Waals surface area contributed by atoms with Gasteiger partial charge in [0, 0.05) is 32.0 Å². The minimum absolute atomic E-state index is 0.413. The maximum atomic E-state index is 11.4. The predicted octanol–water partition coefficient (Wildman–Crippen LogP) is 1.85. The van der Waals surface area contributed by atoms with Crippen molar-refractivity contribution < 1.29 is 9.53 Å². The Hall–Kier alpha value is -0.410. The van der Waals surface area contributed by atoms with Crippen LogP contribution in [0.2, 0.25) is 0 Å². The van der Waals surface area contributed by atoms with Crippen LogP contribution in [0, 0.1) is 0 Å². The van der Waals surface area contributed by atoms with Gasteiger partial charge in [-0.3, -0.25) is 9.69 Å². The lowest BCUT2D eigenvalue weighted by atomic mass is 9.92. The van der Waals surface area contributed by atoms with Crippen molar-refractivity contribution in [2.75, 3.05) is 20.3 Å². The maximum absolute atomic E-state index is 11.4. The van der Waals surface area contributed by atoms with Gasteiger partial charge in [-0.25, -0.2) is 0 Å². The quantitative estimate of drug-likeness (QED) is 0.698. The van der Waals surface area contributed by atoms with Crippen LogP contribution in [-0.4, -0.2) is 43.0 Å². The number of likely N-dealkylation sites (N-methyl/N-ethyl adjacent to an activating group) is 1. The van der Waals surface area contributed by atoms with Crippen molar-refractivity contribution in [3.63, 3.8) is 0 Å². The summed E-state index contributed by atoms with van der Waals surface area (Å²) in [6, 6.07) is 0.859. The lowest BCUT2D eigenvalue weighted by Crippen LogP contribution is -2.46. The highest BCUT2D eigenvalue weighted by atomic mass is 16.5. The average molecular weight is 213 g/mol. The van der Waals surface area contributed by atoms with E-state index in [4.69, 9.17) is 4.74 Å². The lowest BCUT2D eigenvalue weighted by Gasteiger charge is -2.37. The van der Waals surface area contributed by atoms with Gasteiger partial charge in [-0.2, -0.15) is 0 Å². The minimum Gasteiger partial charge on any atom is -0.383 e. The fraction of sp³-hybridized carbons (Fsp3) is 0.917. The Labute approximate surface area is 92.8 Å². The molecule has 3 nitrogen and oxygen atoms in total. The third kappa shape index (κ3) is 3.58. The molecule has 0 N–H and O–H groups in total. The normalized spacial score (nSPS) is 24.5. The Morgan fingerprint density at radius 1 is 1.60 bits per heavy atom. The van der Waals surface area contributed by atoms with Crippen LogP contribution in [0.4, 0.5) is 0 Å². The SMILES string of the molecule is CCN(C(C)COC)C1CCCC(=O)C1. The van der Waals surface area contributed by atoms with Crippen molar-refractivity contribution >= 4 is 5.78 Å². The van der Waals surface area contributed by atoms with Crippen LogP contribution in [0.25, 0.3) is 0 Å². The molecular formula is C12H23NO2. The van der Waals surface area contributed by atoms with Gasteiger partial charge in [0.2, 0.25) is 0 Å². The molecule has 1 rings (SSSR count). The molecule has 0 bridgehead atoms. The summed E-state index contributed by atoms with van der Waals surface area (Å²) in [5, 5.41) is 0. The molecule has 88 valence electrons. The first-order chi connectivity index (χ1) is 7.19. The fourth-order valence-corrected chi connectivity index (χ4v) is 2.55. The molecule has 1 aliphatic rings. The van der Waals surface area contributed by atoms with Gasteiger partial charge in [0.15, 0.2) is 0 Å². The first kappa shape index (κ1) is 12.7. The van der Waals surface area contributed by atoms with Crippen molar-refractivity contribution in [3.8, 4) is 0 Å². The smallest absolute Gasteiger partial charge is 0.134 e. The third-order valence-electron chi connectivity index (χ3n) is 3.26. The molecule has 1 saturated carbocycles. The van der Waals surface area contributed by atoms with Crippen molar-refractivity contribution in [3.05, 3.63) is 0 Å². The lowest BCUT2D eigenvalue weighted by molar-refractivity contribution is -0.122. The van der Waals surface area contributed by atoms with Crippen LogP contribution in [0.3, 0.4) is 0 Å². The molecule has 2 unspecified atom stereocenters. The first-order valence-corrected chi connectivity index (χ1v) is 5.95. The van der Waals surface area contributed by atoms with Gasteiger partial charge in [-0.15, -0.1) is 0 Å². The molecule has 0 spiro atoms. The molecule has 0 aromatic rings. The topological polar surface area (TPSA) is 29.5 Å². The number of carbonyl (C=O) groups excluding carboxylic acids is 1. The monoisotopic (exact) mass is 213 g/mol. The molecule has 0 radical (unpaired) electrons. The number of nitrogens with zero attached hydrogens (tertiary/aromatic N) is 1. The van der Waals surface area contributed by atoms with Crippen LogP contribution in [-0.2, 0) is 9.53 Å². The summed E-state index contributed by atoms with van der Waals surface area (Å²) in [6.45, 7) is 6.08. The molecule has 1 aliphatic carbocycles. The summed E-state index contributed by atoms with van der Waals surface area (Å²) in [4.78, 5) is 13.8. The summed E-state index contributed by atoms with van der Waals surface area (Å²) < 4.78 is 5.18. The van der Waals surface area contributed by atoms with Crippen LogP contribution in [0.5, 0.6) is 0 Å². The maximum Gasteiger partial charge on any atom is 0.134 e. The van der Waals surface area contributed by atoms with Gasteiger partial charge in [-0.1, -0.05) is 6.92 Å². The Morgan fingerprint density at radius 2 is 2.33 bits per heavy atom. The molecule has 0 aromatic heterocycles. The third-order valence-corrected chi connectivity index (χ3v) is 3.26. The Balaban J connectivity index is 2.52. The molecule has 3 heteroatoms. The second kappa shape index (κ2) is 6.23. The Kier molecular flexibility index (Phi) is 5.26. The van der Waals surface area contributed by atoms with E-state index in [0.29, 0.717) is 17.9 Å². The van der Waals surface area contributed by atoms with E-state index in [9.17, 15) is 4.79 Å². The van der Waals surface area contributed by atoms with Crippen LogP contribution >= 0.6 is 0 Å². The number of ether oxygens (including phenoxy) is 1. The van der Waals surface area contributed by atoms with Gasteiger partial charge in [0.1, 0.15) is 5.78 Å². The zero-order valence-electron chi connectivity index (χ0n) is 10.2. The molecular weight excluding hydrogens is 190 g/mol. The number of Topliss-reactive ketones (excluding diaryl/α,β-unsaturated/α-hetero) is 1. The molecule has 0 amide bonds. The van der Waals surface area contributed by atoms with Crippen molar-refractivity contribution in [2.24, 2.45) is 0 Å². The number of ketones is 1. The van der Waals surface area contributed by atoms with E-state index >= 15 is 0 Å². The first-order valence-electron chi connectivity index (χ1n) is 5.95. The number of carbonyl (C=O) groups is 1. The van der Waals surface area contributed by atoms with Gasteiger partial charge in [-0.05, 0) is 26.3 Å². The second-order valence-electron chi connectivity index (χ2n) is 4.42. The number of methoxy groups -OCH3 is 1. The van der Waals surface area contributed by atoms with Gasteiger partial charge >= 0.3 is 0 Å². The summed E-state index contributed by atoms with van der Waals surface area (Å²) >= 11 is 0. The number of hydrogen-bond donors (Lipinski definition) is 0. The highest BCUT2D eigenvalue weighted by Gasteiger charge is 2.27. The predicted molar refractivity (Wildman–Crippen MR) is 61.0 cm³/mol. The molecule has 0 aliphatic heterocycles. The van der Waals surface area contributed by atoms with E-state index < -0.39 is 0 Å². The van der Waals surface area contributed by atoms with E-state index in [2.05, 4.69) is 18.7 Å². The van der Waals surface area contributed by atoms with Crippen molar-refractivity contribution in [1.82, 2.24) is 4.90 Å². The van der Waals surface area contributed by atoms with E-state index in [1.165, 1.54) is 0 Å². The molecule has 15 heavy (non-hydrogen) atoms. The van der Waals surface area contributed by atoms with Crippen molar-refractivity contribution in [2.45, 2.75) is 51.6 Å². The zero-order chi connectivity index (χ0) is 11.3. The van der Waals surface area contributed by atoms with Crippen LogP contribution < -0.4 is 0 Å². The molecule has 1 fully saturated rings. The standard InChI is InChI=1S/C12H23NO2/c1-4-13(10(2)9-15-3)11-6-5-7-12(14)8-11/h10-11H,4-9H2,1-3H3. The van der Waals surface area contributed by atoms with Gasteiger partial charge in [0.05, 0.1) is 6.61 Å². The highest BCUT2D eigenvalue weighted by molar-refractivity contribution is 5.79. The number of rotatable bonds is 5. The van der Waals surface area contributed by atoms with E-state index in [0.717, 1.165) is 38.8 Å². The van der Waals surface area contributed by atoms with Crippen molar-refractivity contribution in [1.29, 1.82) is 0 Å². The summed E-state index contributed by atoms with van der Waals surface area (Å²) in [6.07, 6.45) is 3.74. The van der Waals surface area contributed by atoms with Gasteiger partial charge in [0.25, 0.3) is 0 Å². The van der Waals surface area contributed by atoms with Gasteiger partial charge < -0.3 is 4.74 Å². The average Bonchev–Trinajstić information content (AvgIpc) is 2.19. The molecule has 0 saturated heterocycles. The van der Waals surface area contributed by atoms with E-state index in [1.54, 1.807) is 7.11 Å². The zero-order valence-corrected chi connectivity index (χ0v) is 10.2. The second-order valence-corrected chi connectivity index (χ2v) is 4.42. The molecule has 0 aromatic carbocycles. The summed E-state index contributed by atoms with van der Waals surface area (Å²) in [5.74, 6) is 0.425. The van der Waals surface area contributed by atoms with E-state index in [-0.39, 0.29) is 0 Å². The van der Waals surface area contributed by atoms with E-state index in [1.807, 2.05) is 0 Å². The Morgan fingerprint density at radius 3 is 2.87 bits per heavy atom. The molecule has 0 heterocycles.